The molecule has 0 atom stereocenters. The van der Waals surface area contributed by atoms with Crippen LogP contribution in [0.1, 0.15) is 0 Å². The number of hydrogen-bond acceptors (Lipinski definition) is 1. The van der Waals surface area contributed by atoms with Crippen molar-refractivity contribution in [2.24, 2.45) is 0 Å². The Morgan fingerprint density at radius 2 is 0.318 bits per heavy atom. The monoisotopic (exact) mass is 757 g/mol. The summed E-state index contributed by atoms with van der Waals surface area (Å²) in [6.45, 7) is 0. The molecule has 0 saturated heterocycles. The first-order valence-electron chi connectivity index (χ1n) is 8.37. The van der Waals surface area contributed by atoms with Crippen molar-refractivity contribution in [2.75, 3.05) is 0 Å². The lowest BCUT2D eigenvalue weighted by Crippen LogP contribution is -2.69. The molecule has 44 heavy (non-hydrogen) atoms. The molecule has 0 aliphatic carbocycles. The Morgan fingerprint density at radius 1 is 0.250 bits per heavy atom. The second kappa shape index (κ2) is 12.3. The van der Waals surface area contributed by atoms with E-state index in [4.69, 9.17) is 14.4 Å². The summed E-state index contributed by atoms with van der Waals surface area (Å²) in [4.78, 5) is 14.2. The van der Waals surface area contributed by atoms with E-state index in [-0.39, 0.29) is 0 Å². The molecule has 268 valence electrons. The van der Waals surface area contributed by atoms with Crippen molar-refractivity contribution in [1.29, 1.82) is 0 Å². The molecule has 0 heterocycles. The highest BCUT2D eigenvalue weighted by Crippen LogP contribution is 2.61. The van der Waals surface area contributed by atoms with E-state index in [2.05, 4.69) is 0 Å². The summed E-state index contributed by atoms with van der Waals surface area (Å²) in [6.07, 6.45) is -29.9. The molecule has 0 unspecified atom stereocenters. The van der Waals surface area contributed by atoms with Gasteiger partial charge in [0.15, 0.2) is 0 Å². The van der Waals surface area contributed by atoms with E-state index in [0.717, 1.165) is 0 Å². The van der Waals surface area contributed by atoms with Crippen LogP contribution in [0.25, 0.3) is 0 Å². The van der Waals surface area contributed by atoms with Gasteiger partial charge in [-0.15, -0.1) is 9.79 Å². The summed E-state index contributed by atoms with van der Waals surface area (Å²) in [5.74, 6) is -63.5. The van der Waals surface area contributed by atoms with Crippen molar-refractivity contribution in [3.8, 4) is 0 Å². The lowest BCUT2D eigenvalue weighted by molar-refractivity contribution is -0.451. The van der Waals surface area contributed by atoms with Gasteiger partial charge in [0.2, 0.25) is 0 Å². The maximum Gasteiger partial charge on any atom is 0.692 e. The third-order valence-corrected chi connectivity index (χ3v) is 3.79. The Hall–Kier alpha value is -1.94. The molecule has 0 fully saturated rings. The van der Waals surface area contributed by atoms with Crippen LogP contribution in [0.5, 0.6) is 0 Å². The molecule has 0 spiro atoms. The van der Waals surface area contributed by atoms with Crippen LogP contribution >= 0.6 is 8.25 Å². The first-order chi connectivity index (χ1) is 18.2. The Morgan fingerprint density at radius 3 is 0.364 bits per heavy atom. The van der Waals surface area contributed by atoms with Crippen LogP contribution in [-0.4, -0.2) is 81.9 Å². The zero-order valence-corrected chi connectivity index (χ0v) is 19.2. The van der Waals surface area contributed by atoms with E-state index < -0.39 is 80.3 Å². The molecule has 0 aromatic heterocycles. The van der Waals surface area contributed by atoms with Gasteiger partial charge in [-0.2, -0.15) is 123 Å². The summed E-state index contributed by atoms with van der Waals surface area (Å²) in [7, 11) is -2.87. The molecule has 3 nitrogen and oxygen atoms in total. The highest BCUT2D eigenvalue weighted by molar-refractivity contribution is 7.30. The van der Waals surface area contributed by atoms with Gasteiger partial charge in [0.1, 0.15) is 0 Å². The molecule has 0 bridgehead atoms. The highest BCUT2D eigenvalue weighted by Gasteiger charge is 2.92. The van der Waals surface area contributed by atoms with Crippen LogP contribution in [0.4, 0.5) is 123 Å². The number of hydrogen-bond donors (Lipinski definition) is 2. The second-order valence-electron chi connectivity index (χ2n) is 6.84. The van der Waals surface area contributed by atoms with Crippen LogP contribution < -0.4 is 0 Å². The van der Waals surface area contributed by atoms with Crippen LogP contribution in [-0.2, 0) is 4.57 Å². The average molecular weight is 757 g/mol. The predicted molar refractivity (Wildman–Crippen MR) is 75.8 cm³/mol. The van der Waals surface area contributed by atoms with Gasteiger partial charge in [0.05, 0.1) is 0 Å². The molecular weight excluding hydrogens is 755 g/mol. The SMILES string of the molecule is FC(F)(F)C(F)(F)C(F)(F)C(F)(F)C(F)(F)C(F)(F)F.FC(F)(F)C(F)(F)C(F)(F)C(F)(F)C(F)(F)C(F)(F)F.O=[P+](O)O. The summed E-state index contributed by atoms with van der Waals surface area (Å²) in [5, 5.41) is 0. The molecule has 0 aliphatic heterocycles. The molecule has 0 saturated carbocycles. The largest absolute Gasteiger partial charge is 0.692 e. The van der Waals surface area contributed by atoms with Crippen molar-refractivity contribution in [2.45, 2.75) is 72.1 Å². The Bertz CT molecular complexity index is 816. The third kappa shape index (κ3) is 7.88. The molecule has 32 heteroatoms. The van der Waals surface area contributed by atoms with Crippen molar-refractivity contribution >= 4 is 8.25 Å². The fourth-order valence-electron chi connectivity index (χ4n) is 1.50. The van der Waals surface area contributed by atoms with E-state index in [0.29, 0.717) is 0 Å². The number of rotatable bonds is 6. The molecule has 0 radical (unpaired) electrons. The number of halogens is 28. The topological polar surface area (TPSA) is 57.5 Å². The fourth-order valence-corrected chi connectivity index (χ4v) is 1.50. The standard InChI is InChI=1S/2C6F14.HO3P/c2*7-1(8,3(11,12)5(15,16)17)2(9,10)4(13,14)6(18,19)20;1-4(2)3/h;;(H-,1,2,3)/p+1. The first-order valence-corrected chi connectivity index (χ1v) is 9.54. The van der Waals surface area contributed by atoms with Crippen molar-refractivity contribution < 1.29 is 137 Å². The molecule has 0 aliphatic rings. The minimum absolute atomic E-state index is 2.87. The maximum absolute atomic E-state index is 12.3. The summed E-state index contributed by atoms with van der Waals surface area (Å²) in [6, 6.07) is 0. The molecule has 0 aromatic carbocycles. The lowest BCUT2D eigenvalue weighted by atomic mass is 9.98. The quantitative estimate of drug-likeness (QED) is 0.210. The van der Waals surface area contributed by atoms with E-state index >= 15 is 0 Å². The van der Waals surface area contributed by atoms with Crippen LogP contribution in [0.15, 0.2) is 0 Å². The van der Waals surface area contributed by atoms with Gasteiger partial charge in [0.25, 0.3) is 0 Å². The molecular formula is C12H2F28O3P+. The van der Waals surface area contributed by atoms with Gasteiger partial charge in [-0.25, -0.2) is 0 Å². The van der Waals surface area contributed by atoms with Crippen LogP contribution in [0.2, 0.25) is 0 Å². The molecule has 0 amide bonds. The Labute approximate surface area is 219 Å². The normalized spacial score (nSPS) is 15.6. The van der Waals surface area contributed by atoms with Crippen molar-refractivity contribution in [3.63, 3.8) is 0 Å². The minimum Gasteiger partial charge on any atom is -0.192 e. The van der Waals surface area contributed by atoms with Gasteiger partial charge in [-0.05, 0) is 0 Å². The first kappa shape index (κ1) is 46.5. The van der Waals surface area contributed by atoms with E-state index in [1.165, 1.54) is 0 Å². The molecule has 0 aromatic rings. The Kier molecular flexibility index (Phi) is 13.0. The molecule has 2 N–H and O–H groups in total. The van der Waals surface area contributed by atoms with E-state index in [1.807, 2.05) is 0 Å². The van der Waals surface area contributed by atoms with Crippen LogP contribution in [0, 0.1) is 0 Å². The second-order valence-corrected chi connectivity index (χ2v) is 7.34. The highest BCUT2D eigenvalue weighted by atomic mass is 31.1. The van der Waals surface area contributed by atoms with Gasteiger partial charge in [-0.1, -0.05) is 0 Å². The summed E-state index contributed by atoms with van der Waals surface area (Å²) >= 11 is 0. The minimum atomic E-state index is -8.04. The molecule has 0 rings (SSSR count). The number of alkyl halides is 28. The lowest BCUT2D eigenvalue weighted by Gasteiger charge is -2.37. The smallest absolute Gasteiger partial charge is 0.192 e. The zero-order chi connectivity index (χ0) is 37.6. The van der Waals surface area contributed by atoms with Gasteiger partial charge in [-0.3, -0.25) is 0 Å². The fraction of sp³-hybridized carbons (Fsp3) is 1.00. The van der Waals surface area contributed by atoms with Crippen molar-refractivity contribution in [3.05, 3.63) is 0 Å². The van der Waals surface area contributed by atoms with Gasteiger partial charge < -0.3 is 0 Å². The summed E-state index contributed by atoms with van der Waals surface area (Å²) < 4.78 is 341. The van der Waals surface area contributed by atoms with Crippen LogP contribution in [0.3, 0.4) is 0 Å². The Balaban J connectivity index is -0.000000680. The average Bonchev–Trinajstić information content (AvgIpc) is 2.69. The maximum atomic E-state index is 12.3. The van der Waals surface area contributed by atoms with E-state index in [9.17, 15) is 123 Å². The third-order valence-electron chi connectivity index (χ3n) is 3.79. The van der Waals surface area contributed by atoms with Crippen molar-refractivity contribution in [1.82, 2.24) is 0 Å². The zero-order valence-electron chi connectivity index (χ0n) is 18.3. The van der Waals surface area contributed by atoms with Gasteiger partial charge in [0, 0.05) is 4.57 Å². The van der Waals surface area contributed by atoms with Gasteiger partial charge >= 0.3 is 80.3 Å². The van der Waals surface area contributed by atoms with E-state index in [1.54, 1.807) is 0 Å². The summed E-state index contributed by atoms with van der Waals surface area (Å²) in [5.41, 5.74) is 0. The predicted octanol–water partition coefficient (Wildman–Crippen LogP) is 8.93.